The Morgan fingerprint density at radius 1 is 1.53 bits per heavy atom. The van der Waals surface area contributed by atoms with Gasteiger partial charge in [-0.25, -0.2) is 4.39 Å². The Hall–Kier alpha value is -1.21. The highest BCUT2D eigenvalue weighted by Crippen LogP contribution is 2.15. The lowest BCUT2D eigenvalue weighted by atomic mass is 10.1. The fourth-order valence-corrected chi connectivity index (χ4v) is 3.00. The van der Waals surface area contributed by atoms with E-state index in [1.54, 1.807) is 18.2 Å². The Bertz CT molecular complexity index is 453. The maximum absolute atomic E-state index is 13.7. The number of nitrogens with zero attached hydrogens (tertiary/aromatic N) is 1. The van der Waals surface area contributed by atoms with Crippen LogP contribution in [0, 0.1) is 23.1 Å². The van der Waals surface area contributed by atoms with Gasteiger partial charge in [-0.15, -0.1) is 0 Å². The van der Waals surface area contributed by atoms with Crippen LogP contribution in [0.1, 0.15) is 31.4 Å². The van der Waals surface area contributed by atoms with E-state index >= 15 is 0 Å². The summed E-state index contributed by atoms with van der Waals surface area (Å²) in [4.78, 5) is 0. The molecule has 0 radical (unpaired) electrons. The fraction of sp³-hybridized carbons (Fsp3) is 0.462. The first-order valence-corrected chi connectivity index (χ1v) is 7.09. The highest BCUT2D eigenvalue weighted by atomic mass is 32.2. The van der Waals surface area contributed by atoms with E-state index in [0.717, 1.165) is 6.42 Å². The summed E-state index contributed by atoms with van der Waals surface area (Å²) in [6.07, 6.45) is 0.965. The number of rotatable bonds is 5. The van der Waals surface area contributed by atoms with E-state index < -0.39 is 16.6 Å². The summed E-state index contributed by atoms with van der Waals surface area (Å²) in [7, 11) is -1.07. The van der Waals surface area contributed by atoms with Crippen molar-refractivity contribution < 1.29 is 8.60 Å². The van der Waals surface area contributed by atoms with Crippen LogP contribution >= 0.6 is 0 Å². The van der Waals surface area contributed by atoms with Crippen LogP contribution in [0.5, 0.6) is 0 Å². The topological polar surface area (TPSA) is 40.9 Å². The van der Waals surface area contributed by atoms with Crippen molar-refractivity contribution in [2.75, 3.05) is 5.75 Å². The smallest absolute Gasteiger partial charge is 0.145 e. The van der Waals surface area contributed by atoms with Crippen LogP contribution < -0.4 is 0 Å². The lowest BCUT2D eigenvalue weighted by Gasteiger charge is -2.09. The zero-order valence-electron chi connectivity index (χ0n) is 10.1. The highest BCUT2D eigenvalue weighted by molar-refractivity contribution is 7.84. The van der Waals surface area contributed by atoms with E-state index in [1.807, 2.05) is 13.8 Å². The predicted octanol–water partition coefficient (Wildman–Crippen LogP) is 2.99. The van der Waals surface area contributed by atoms with Gasteiger partial charge < -0.3 is 0 Å². The third-order valence-electron chi connectivity index (χ3n) is 2.68. The van der Waals surface area contributed by atoms with Crippen molar-refractivity contribution in [3.8, 4) is 6.07 Å². The molecular formula is C13H16FNOS. The summed E-state index contributed by atoms with van der Waals surface area (Å²) in [6, 6.07) is 6.42. The first-order valence-electron chi connectivity index (χ1n) is 5.61. The van der Waals surface area contributed by atoms with E-state index in [-0.39, 0.29) is 11.3 Å². The molecule has 4 heteroatoms. The van der Waals surface area contributed by atoms with Gasteiger partial charge in [-0.2, -0.15) is 5.26 Å². The monoisotopic (exact) mass is 253 g/mol. The van der Waals surface area contributed by atoms with Crippen molar-refractivity contribution in [2.24, 2.45) is 5.92 Å². The molecule has 0 aliphatic heterocycles. The molecule has 17 heavy (non-hydrogen) atoms. The molecule has 0 N–H and O–H groups in total. The number of nitriles is 1. The Balaban J connectivity index is 2.76. The minimum atomic E-state index is -1.07. The first kappa shape index (κ1) is 13.9. The van der Waals surface area contributed by atoms with Gasteiger partial charge in [0.05, 0.1) is 11.3 Å². The second kappa shape index (κ2) is 6.51. The molecule has 0 aliphatic rings. The molecule has 2 nitrogen and oxygen atoms in total. The number of hydrogen-bond donors (Lipinski definition) is 0. The highest BCUT2D eigenvalue weighted by Gasteiger charge is 2.12. The molecule has 2 unspecified atom stereocenters. The van der Waals surface area contributed by atoms with Crippen LogP contribution in [-0.2, 0) is 16.6 Å². The molecule has 0 saturated carbocycles. The van der Waals surface area contributed by atoms with Crippen LogP contribution in [0.25, 0.3) is 0 Å². The van der Waals surface area contributed by atoms with Crippen molar-refractivity contribution in [1.82, 2.24) is 0 Å². The van der Waals surface area contributed by atoms with E-state index in [0.29, 0.717) is 17.2 Å². The molecule has 1 aromatic rings. The Kier molecular flexibility index (Phi) is 5.30. The van der Waals surface area contributed by atoms with E-state index in [9.17, 15) is 8.60 Å². The number of halogens is 1. The lowest BCUT2D eigenvalue weighted by molar-refractivity contribution is 0.604. The van der Waals surface area contributed by atoms with Gasteiger partial charge in [-0.1, -0.05) is 32.4 Å². The zero-order valence-corrected chi connectivity index (χ0v) is 10.9. The SMILES string of the molecule is CCC(C)CS(=O)Cc1cccc(C#N)c1F. The molecule has 0 fully saturated rings. The Morgan fingerprint density at radius 2 is 2.24 bits per heavy atom. The van der Waals surface area contributed by atoms with Gasteiger partial charge in [0.2, 0.25) is 0 Å². The van der Waals surface area contributed by atoms with Crippen LogP contribution in [0.15, 0.2) is 18.2 Å². The molecule has 0 aromatic heterocycles. The second-order valence-electron chi connectivity index (χ2n) is 4.15. The summed E-state index contributed by atoms with van der Waals surface area (Å²) in [5.41, 5.74) is 0.383. The second-order valence-corrected chi connectivity index (χ2v) is 5.66. The van der Waals surface area contributed by atoms with Gasteiger partial charge in [0.1, 0.15) is 11.9 Å². The van der Waals surface area contributed by atoms with E-state index in [2.05, 4.69) is 0 Å². The molecule has 0 bridgehead atoms. The summed E-state index contributed by atoms with van der Waals surface area (Å²) >= 11 is 0. The normalized spacial score (nSPS) is 14.0. The van der Waals surface area contributed by atoms with Crippen molar-refractivity contribution in [3.63, 3.8) is 0 Å². The molecule has 0 spiro atoms. The maximum atomic E-state index is 13.7. The van der Waals surface area contributed by atoms with Gasteiger partial charge in [0.25, 0.3) is 0 Å². The van der Waals surface area contributed by atoms with E-state index in [4.69, 9.17) is 5.26 Å². The standard InChI is InChI=1S/C13H16FNOS/c1-3-10(2)8-17(16)9-12-6-4-5-11(7-15)13(12)14/h4-6,10H,3,8-9H2,1-2H3. The van der Waals surface area contributed by atoms with Gasteiger partial charge in [0.15, 0.2) is 0 Å². The summed E-state index contributed by atoms with van der Waals surface area (Å²) in [5.74, 6) is 0.601. The third-order valence-corrected chi connectivity index (χ3v) is 4.26. The first-order chi connectivity index (χ1) is 8.08. The molecule has 0 heterocycles. The van der Waals surface area contributed by atoms with Crippen molar-refractivity contribution >= 4 is 10.8 Å². The average molecular weight is 253 g/mol. The predicted molar refractivity (Wildman–Crippen MR) is 67.3 cm³/mol. The van der Waals surface area contributed by atoms with Gasteiger partial charge in [0, 0.05) is 22.1 Å². The van der Waals surface area contributed by atoms with Gasteiger partial charge >= 0.3 is 0 Å². The summed E-state index contributed by atoms with van der Waals surface area (Å²) < 4.78 is 25.5. The summed E-state index contributed by atoms with van der Waals surface area (Å²) in [5, 5.41) is 8.69. The minimum absolute atomic E-state index is 0.0167. The molecule has 1 rings (SSSR count). The quantitative estimate of drug-likeness (QED) is 0.809. The Labute approximate surface area is 104 Å². The largest absolute Gasteiger partial charge is 0.259 e. The average Bonchev–Trinajstić information content (AvgIpc) is 2.31. The van der Waals surface area contributed by atoms with Gasteiger partial charge in [-0.05, 0) is 12.0 Å². The van der Waals surface area contributed by atoms with Crippen LogP contribution in [0.2, 0.25) is 0 Å². The third kappa shape index (κ3) is 3.94. The maximum Gasteiger partial charge on any atom is 0.145 e. The van der Waals surface area contributed by atoms with Crippen molar-refractivity contribution in [2.45, 2.75) is 26.0 Å². The minimum Gasteiger partial charge on any atom is -0.259 e. The molecule has 92 valence electrons. The molecule has 0 saturated heterocycles. The molecule has 1 aromatic carbocycles. The fourth-order valence-electron chi connectivity index (χ4n) is 1.45. The lowest BCUT2D eigenvalue weighted by Crippen LogP contribution is -2.10. The van der Waals surface area contributed by atoms with Crippen LogP contribution in [0.3, 0.4) is 0 Å². The molecule has 0 amide bonds. The summed E-state index contributed by atoms with van der Waals surface area (Å²) in [6.45, 7) is 4.07. The van der Waals surface area contributed by atoms with Gasteiger partial charge in [-0.3, -0.25) is 4.21 Å². The van der Waals surface area contributed by atoms with E-state index in [1.165, 1.54) is 6.07 Å². The Morgan fingerprint density at radius 3 is 2.82 bits per heavy atom. The van der Waals surface area contributed by atoms with Crippen molar-refractivity contribution in [3.05, 3.63) is 35.1 Å². The zero-order chi connectivity index (χ0) is 12.8. The molecular weight excluding hydrogens is 237 g/mol. The van der Waals surface area contributed by atoms with Crippen LogP contribution in [0.4, 0.5) is 4.39 Å². The molecule has 2 atom stereocenters. The van der Waals surface area contributed by atoms with Crippen LogP contribution in [-0.4, -0.2) is 9.96 Å². The molecule has 0 aliphatic carbocycles. The number of benzene rings is 1. The van der Waals surface area contributed by atoms with Crippen molar-refractivity contribution in [1.29, 1.82) is 5.26 Å². The number of hydrogen-bond acceptors (Lipinski definition) is 2.